The molecule has 2 nitrogen and oxygen atoms in total. The molecule has 4 heteroatoms. The van der Waals surface area contributed by atoms with Crippen molar-refractivity contribution in [1.29, 1.82) is 0 Å². The van der Waals surface area contributed by atoms with Crippen LogP contribution in [0.1, 0.15) is 35.4 Å². The van der Waals surface area contributed by atoms with Crippen molar-refractivity contribution in [3.63, 3.8) is 0 Å². The lowest BCUT2D eigenvalue weighted by molar-refractivity contribution is -0.139. The maximum Gasteiger partial charge on any atom is 0.304 e. The number of rotatable bonds is 3. The van der Waals surface area contributed by atoms with Gasteiger partial charge in [0.1, 0.15) is 0 Å². The highest BCUT2D eigenvalue weighted by atomic mass is 79.9. The Balaban J connectivity index is 2.29. The van der Waals surface area contributed by atoms with Crippen LogP contribution in [0.25, 0.3) is 0 Å². The number of hydrogen-bond donors (Lipinski definition) is 1. The molecule has 82 valence electrons. The fourth-order valence-corrected chi connectivity index (χ4v) is 3.90. The van der Waals surface area contributed by atoms with E-state index in [1.165, 1.54) is 9.75 Å². The number of hydrogen-bond acceptors (Lipinski definition) is 2. The summed E-state index contributed by atoms with van der Waals surface area (Å²) >= 11 is 5.22. The monoisotopic (exact) mass is 288 g/mol. The summed E-state index contributed by atoms with van der Waals surface area (Å²) in [6.07, 6.45) is 3.47. The summed E-state index contributed by atoms with van der Waals surface area (Å²) in [5, 5.41) is 8.94. The zero-order valence-electron chi connectivity index (χ0n) is 8.55. The molecular weight excluding hydrogens is 276 g/mol. The minimum atomic E-state index is -0.683. The highest BCUT2D eigenvalue weighted by Gasteiger charge is 2.41. The molecule has 1 fully saturated rings. The van der Waals surface area contributed by atoms with Crippen molar-refractivity contribution in [3.8, 4) is 0 Å². The Bertz CT molecular complexity index is 374. The number of carboxylic acid groups (broad SMARTS) is 1. The number of thiophene rings is 1. The minimum absolute atomic E-state index is 0.0622. The summed E-state index contributed by atoms with van der Waals surface area (Å²) in [5.41, 5.74) is -0.0622. The van der Waals surface area contributed by atoms with Gasteiger partial charge in [-0.3, -0.25) is 4.79 Å². The molecule has 1 N–H and O–H groups in total. The van der Waals surface area contributed by atoms with E-state index < -0.39 is 5.97 Å². The lowest BCUT2D eigenvalue weighted by atomic mass is 9.66. The predicted octanol–water partition coefficient (Wildman–Crippen LogP) is 3.72. The van der Waals surface area contributed by atoms with E-state index in [9.17, 15) is 4.79 Å². The van der Waals surface area contributed by atoms with E-state index in [4.69, 9.17) is 5.11 Å². The second kappa shape index (κ2) is 3.91. The topological polar surface area (TPSA) is 37.3 Å². The van der Waals surface area contributed by atoms with E-state index in [0.29, 0.717) is 0 Å². The van der Waals surface area contributed by atoms with Crippen molar-refractivity contribution < 1.29 is 9.90 Å². The molecule has 1 aromatic heterocycles. The number of aryl methyl sites for hydroxylation is 1. The summed E-state index contributed by atoms with van der Waals surface area (Å²) < 4.78 is 1.11. The van der Waals surface area contributed by atoms with E-state index in [1.54, 1.807) is 11.3 Å². The van der Waals surface area contributed by atoms with E-state index in [2.05, 4.69) is 28.9 Å². The Hall–Kier alpha value is -0.350. The van der Waals surface area contributed by atoms with Crippen LogP contribution >= 0.6 is 27.3 Å². The summed E-state index contributed by atoms with van der Waals surface area (Å²) in [4.78, 5) is 13.3. The van der Waals surface area contributed by atoms with Gasteiger partial charge in [-0.05, 0) is 41.8 Å². The fourth-order valence-electron chi connectivity index (χ4n) is 2.12. The zero-order chi connectivity index (χ0) is 11.1. The molecule has 0 saturated heterocycles. The van der Waals surface area contributed by atoms with Crippen molar-refractivity contribution in [2.24, 2.45) is 0 Å². The quantitative estimate of drug-likeness (QED) is 0.921. The number of aliphatic carboxylic acids is 1. The van der Waals surface area contributed by atoms with Crippen LogP contribution in [0.3, 0.4) is 0 Å². The molecule has 1 heterocycles. The molecular formula is C11H13BrO2S. The molecule has 0 amide bonds. The fraction of sp³-hybridized carbons (Fsp3) is 0.545. The van der Waals surface area contributed by atoms with Gasteiger partial charge in [-0.25, -0.2) is 0 Å². The molecule has 1 aliphatic carbocycles. The van der Waals surface area contributed by atoms with E-state index in [0.717, 1.165) is 23.7 Å². The molecule has 0 atom stereocenters. The van der Waals surface area contributed by atoms with E-state index in [-0.39, 0.29) is 11.8 Å². The third kappa shape index (κ3) is 1.97. The Morgan fingerprint density at radius 3 is 2.67 bits per heavy atom. The number of carbonyl (C=O) groups is 1. The molecule has 0 radical (unpaired) electrons. The predicted molar refractivity (Wildman–Crippen MR) is 64.5 cm³/mol. The second-order valence-corrected chi connectivity index (χ2v) is 6.33. The summed E-state index contributed by atoms with van der Waals surface area (Å²) in [6.45, 7) is 2.06. The van der Waals surface area contributed by atoms with Crippen molar-refractivity contribution >= 4 is 33.2 Å². The van der Waals surface area contributed by atoms with Crippen LogP contribution in [0.2, 0.25) is 0 Å². The molecule has 2 rings (SSSR count). The normalized spacial score (nSPS) is 18.5. The second-order valence-electron chi connectivity index (χ2n) is 4.22. The number of carboxylic acids is 1. The molecule has 1 aromatic rings. The van der Waals surface area contributed by atoms with Crippen molar-refractivity contribution in [3.05, 3.63) is 20.3 Å². The maximum atomic E-state index is 10.9. The van der Waals surface area contributed by atoms with Gasteiger partial charge in [-0.2, -0.15) is 0 Å². The molecule has 1 saturated carbocycles. The van der Waals surface area contributed by atoms with Crippen LogP contribution in [-0.2, 0) is 10.2 Å². The minimum Gasteiger partial charge on any atom is -0.481 e. The third-order valence-electron chi connectivity index (χ3n) is 3.18. The molecule has 1 aliphatic rings. The van der Waals surface area contributed by atoms with E-state index in [1.807, 2.05) is 0 Å². The van der Waals surface area contributed by atoms with Gasteiger partial charge >= 0.3 is 5.97 Å². The van der Waals surface area contributed by atoms with Crippen LogP contribution in [0, 0.1) is 6.92 Å². The summed E-state index contributed by atoms with van der Waals surface area (Å²) in [6, 6.07) is 2.10. The Morgan fingerprint density at radius 1 is 1.67 bits per heavy atom. The number of halogens is 1. The van der Waals surface area contributed by atoms with Gasteiger partial charge in [0.25, 0.3) is 0 Å². The van der Waals surface area contributed by atoms with Crippen LogP contribution in [0.4, 0.5) is 0 Å². The molecule has 15 heavy (non-hydrogen) atoms. The summed E-state index contributed by atoms with van der Waals surface area (Å²) in [5.74, 6) is -0.683. The highest BCUT2D eigenvalue weighted by Crippen LogP contribution is 2.50. The Morgan fingerprint density at radius 2 is 2.33 bits per heavy atom. The Kier molecular flexibility index (Phi) is 2.90. The van der Waals surface area contributed by atoms with Gasteiger partial charge < -0.3 is 5.11 Å². The lowest BCUT2D eigenvalue weighted by Crippen LogP contribution is -2.35. The molecule has 0 spiro atoms. The van der Waals surface area contributed by atoms with Crippen LogP contribution in [-0.4, -0.2) is 11.1 Å². The van der Waals surface area contributed by atoms with Gasteiger partial charge in [0, 0.05) is 19.6 Å². The standard InChI is InChI=1S/C11H13BrO2S/c1-7-8(12)5-9(15-7)11(3-2-4-11)6-10(13)14/h5H,2-4,6H2,1H3,(H,13,14). The average molecular weight is 289 g/mol. The Labute approximate surface area is 101 Å². The van der Waals surface area contributed by atoms with Crippen LogP contribution in [0.5, 0.6) is 0 Å². The van der Waals surface area contributed by atoms with E-state index >= 15 is 0 Å². The lowest BCUT2D eigenvalue weighted by Gasteiger charge is -2.40. The van der Waals surface area contributed by atoms with Gasteiger partial charge in [-0.15, -0.1) is 11.3 Å². The van der Waals surface area contributed by atoms with Crippen molar-refractivity contribution in [2.75, 3.05) is 0 Å². The van der Waals surface area contributed by atoms with Crippen LogP contribution in [0.15, 0.2) is 10.5 Å². The van der Waals surface area contributed by atoms with Gasteiger partial charge in [-0.1, -0.05) is 6.42 Å². The van der Waals surface area contributed by atoms with Crippen LogP contribution < -0.4 is 0 Å². The first-order chi connectivity index (χ1) is 7.03. The SMILES string of the molecule is Cc1sc(C2(CC(=O)O)CCC2)cc1Br. The molecule has 0 aliphatic heterocycles. The van der Waals surface area contributed by atoms with Crippen molar-refractivity contribution in [1.82, 2.24) is 0 Å². The van der Waals surface area contributed by atoms with Gasteiger partial charge in [0.05, 0.1) is 6.42 Å². The zero-order valence-corrected chi connectivity index (χ0v) is 10.9. The van der Waals surface area contributed by atoms with Gasteiger partial charge in [0.2, 0.25) is 0 Å². The first-order valence-electron chi connectivity index (χ1n) is 5.02. The van der Waals surface area contributed by atoms with Crippen molar-refractivity contribution in [2.45, 2.75) is 38.0 Å². The van der Waals surface area contributed by atoms with Gasteiger partial charge in [0.15, 0.2) is 0 Å². The largest absolute Gasteiger partial charge is 0.481 e. The third-order valence-corrected chi connectivity index (χ3v) is 5.56. The molecule has 0 unspecified atom stereocenters. The summed E-state index contributed by atoms with van der Waals surface area (Å²) in [7, 11) is 0. The maximum absolute atomic E-state index is 10.9. The molecule has 0 bridgehead atoms. The first-order valence-corrected chi connectivity index (χ1v) is 6.63. The highest BCUT2D eigenvalue weighted by molar-refractivity contribution is 9.10. The average Bonchev–Trinajstić information content (AvgIpc) is 2.40. The first kappa shape index (κ1) is 11.1. The smallest absolute Gasteiger partial charge is 0.304 e. The molecule has 0 aromatic carbocycles.